The van der Waals surface area contributed by atoms with E-state index >= 15 is 0 Å². The number of aromatic amines is 1. The fraction of sp³-hybridized carbons (Fsp3) is 0.700. The molecule has 1 rings (SSSR count). The van der Waals surface area contributed by atoms with E-state index in [4.69, 9.17) is 5.11 Å². The molecule has 4 N–H and O–H groups in total. The van der Waals surface area contributed by atoms with Crippen LogP contribution in [-0.2, 0) is 4.79 Å². The van der Waals surface area contributed by atoms with E-state index in [9.17, 15) is 9.59 Å². The van der Waals surface area contributed by atoms with Crippen LogP contribution >= 0.6 is 0 Å². The summed E-state index contributed by atoms with van der Waals surface area (Å²) in [6, 6.07) is -1.97. The number of aromatic nitrogens is 4. The summed E-state index contributed by atoms with van der Waals surface area (Å²) in [6.45, 7) is 5.30. The van der Waals surface area contributed by atoms with Crippen LogP contribution in [0.15, 0.2) is 0 Å². The third-order valence-corrected chi connectivity index (χ3v) is 2.86. The summed E-state index contributed by atoms with van der Waals surface area (Å²) >= 11 is 0. The molecule has 9 heteroatoms. The number of carboxylic acids is 1. The number of tetrazole rings is 1. The van der Waals surface area contributed by atoms with Gasteiger partial charge in [0.05, 0.1) is 6.04 Å². The minimum atomic E-state index is -1.06. The van der Waals surface area contributed by atoms with E-state index in [0.29, 0.717) is 12.2 Å². The van der Waals surface area contributed by atoms with Crippen molar-refractivity contribution in [2.24, 2.45) is 5.92 Å². The highest BCUT2D eigenvalue weighted by molar-refractivity contribution is 5.82. The van der Waals surface area contributed by atoms with Crippen LogP contribution in [0.3, 0.4) is 0 Å². The molecule has 2 amide bonds. The molecule has 0 spiro atoms. The normalized spacial score (nSPS) is 15.3. The molecule has 1 aromatic rings. The second-order valence-electron chi connectivity index (χ2n) is 4.31. The van der Waals surface area contributed by atoms with Crippen LogP contribution in [0, 0.1) is 5.92 Å². The number of hydrogen-bond acceptors (Lipinski definition) is 5. The highest BCUT2D eigenvalue weighted by atomic mass is 16.4. The van der Waals surface area contributed by atoms with Gasteiger partial charge in [-0.3, -0.25) is 0 Å². The molecule has 0 fully saturated rings. The first-order valence-corrected chi connectivity index (χ1v) is 5.98. The van der Waals surface area contributed by atoms with Crippen molar-refractivity contribution in [3.05, 3.63) is 5.82 Å². The minimum absolute atomic E-state index is 0.163. The molecule has 1 heterocycles. The van der Waals surface area contributed by atoms with Crippen molar-refractivity contribution in [3.63, 3.8) is 0 Å². The summed E-state index contributed by atoms with van der Waals surface area (Å²) in [7, 11) is 0. The van der Waals surface area contributed by atoms with E-state index in [2.05, 4.69) is 31.3 Å². The number of carbonyl (C=O) groups excluding carboxylic acids is 1. The van der Waals surface area contributed by atoms with Crippen LogP contribution in [0.25, 0.3) is 0 Å². The van der Waals surface area contributed by atoms with E-state index in [0.717, 1.165) is 0 Å². The maximum Gasteiger partial charge on any atom is 0.326 e. The largest absolute Gasteiger partial charge is 0.480 e. The molecular weight excluding hydrogens is 252 g/mol. The Morgan fingerprint density at radius 2 is 2.05 bits per heavy atom. The number of nitrogens with zero attached hydrogens (tertiary/aromatic N) is 3. The topological polar surface area (TPSA) is 133 Å². The molecular formula is C10H18N6O3. The van der Waals surface area contributed by atoms with E-state index in [1.54, 1.807) is 13.8 Å². The maximum atomic E-state index is 11.7. The van der Waals surface area contributed by atoms with Crippen LogP contribution in [0.5, 0.6) is 0 Å². The molecule has 19 heavy (non-hydrogen) atoms. The summed E-state index contributed by atoms with van der Waals surface area (Å²) in [4.78, 5) is 22.8. The predicted molar refractivity (Wildman–Crippen MR) is 65.1 cm³/mol. The molecule has 0 bridgehead atoms. The molecule has 3 atom stereocenters. The lowest BCUT2D eigenvalue weighted by Gasteiger charge is -2.21. The second-order valence-corrected chi connectivity index (χ2v) is 4.31. The van der Waals surface area contributed by atoms with Crippen LogP contribution in [0.2, 0.25) is 0 Å². The number of hydrogen-bond donors (Lipinski definition) is 4. The summed E-state index contributed by atoms with van der Waals surface area (Å²) in [6.07, 6.45) is 0.650. The fourth-order valence-electron chi connectivity index (χ4n) is 1.48. The van der Waals surface area contributed by atoms with Gasteiger partial charge in [-0.1, -0.05) is 25.5 Å². The Hall–Kier alpha value is -2.19. The smallest absolute Gasteiger partial charge is 0.326 e. The number of carbonyl (C=O) groups is 2. The van der Waals surface area contributed by atoms with Gasteiger partial charge >= 0.3 is 12.0 Å². The van der Waals surface area contributed by atoms with Gasteiger partial charge in [0.15, 0.2) is 5.82 Å². The molecule has 9 nitrogen and oxygen atoms in total. The number of amides is 2. The van der Waals surface area contributed by atoms with Crippen LogP contribution in [0.1, 0.15) is 39.1 Å². The Morgan fingerprint density at radius 1 is 1.37 bits per heavy atom. The summed E-state index contributed by atoms with van der Waals surface area (Å²) in [5, 5.41) is 27.1. The molecule has 0 aliphatic carbocycles. The first-order chi connectivity index (χ1) is 8.95. The van der Waals surface area contributed by atoms with Gasteiger partial charge in [-0.15, -0.1) is 10.2 Å². The van der Waals surface area contributed by atoms with Gasteiger partial charge in [-0.25, -0.2) is 9.59 Å². The predicted octanol–water partition coefficient (Wildman–Crippen LogP) is 0.0592. The average molecular weight is 270 g/mol. The summed E-state index contributed by atoms with van der Waals surface area (Å²) in [5.74, 6) is -0.897. The van der Waals surface area contributed by atoms with Crippen molar-refractivity contribution in [1.82, 2.24) is 31.3 Å². The van der Waals surface area contributed by atoms with Crippen molar-refractivity contribution in [2.45, 2.75) is 39.3 Å². The molecule has 0 aromatic carbocycles. The van der Waals surface area contributed by atoms with Gasteiger partial charge in [0.1, 0.15) is 6.04 Å². The number of carboxylic acid groups (broad SMARTS) is 1. The standard InChI is InChI=1S/C10H18N6O3/c1-4-5(2)7(9(17)18)12-10(19)11-6(3)8-13-15-16-14-8/h5-7H,4H2,1-3H3,(H,17,18)(H2,11,12,19)(H,13,14,15,16)/t5?,6?,7-/m0/s1. The zero-order valence-electron chi connectivity index (χ0n) is 11.0. The minimum Gasteiger partial charge on any atom is -0.480 e. The molecule has 1 aromatic heterocycles. The number of urea groups is 1. The lowest BCUT2D eigenvalue weighted by atomic mass is 9.99. The van der Waals surface area contributed by atoms with E-state index in [1.807, 2.05) is 6.92 Å². The third-order valence-electron chi connectivity index (χ3n) is 2.86. The van der Waals surface area contributed by atoms with Gasteiger partial charge < -0.3 is 15.7 Å². The monoisotopic (exact) mass is 270 g/mol. The van der Waals surface area contributed by atoms with Crippen molar-refractivity contribution in [3.8, 4) is 0 Å². The van der Waals surface area contributed by atoms with E-state index < -0.39 is 24.1 Å². The molecule has 0 aliphatic rings. The Kier molecular flexibility index (Phi) is 5.22. The van der Waals surface area contributed by atoms with Gasteiger partial charge in [-0.2, -0.15) is 5.21 Å². The lowest BCUT2D eigenvalue weighted by Crippen LogP contribution is -2.49. The van der Waals surface area contributed by atoms with Gasteiger partial charge in [0.2, 0.25) is 0 Å². The first kappa shape index (κ1) is 14.9. The highest BCUT2D eigenvalue weighted by Crippen LogP contribution is 2.08. The fourth-order valence-corrected chi connectivity index (χ4v) is 1.48. The third kappa shape index (κ3) is 4.19. The molecule has 0 aliphatic heterocycles. The molecule has 2 unspecified atom stereocenters. The first-order valence-electron chi connectivity index (χ1n) is 5.98. The molecule has 0 radical (unpaired) electrons. The van der Waals surface area contributed by atoms with Crippen LogP contribution in [0.4, 0.5) is 4.79 Å². The average Bonchev–Trinajstić information content (AvgIpc) is 2.88. The number of nitrogens with one attached hydrogen (secondary N) is 3. The summed E-state index contributed by atoms with van der Waals surface area (Å²) in [5.41, 5.74) is 0. The van der Waals surface area contributed by atoms with E-state index in [-0.39, 0.29) is 5.92 Å². The van der Waals surface area contributed by atoms with Crippen LogP contribution in [-0.4, -0.2) is 43.8 Å². The zero-order chi connectivity index (χ0) is 14.4. The van der Waals surface area contributed by atoms with E-state index in [1.165, 1.54) is 0 Å². The quantitative estimate of drug-likeness (QED) is 0.577. The van der Waals surface area contributed by atoms with Crippen molar-refractivity contribution >= 4 is 12.0 Å². The number of H-pyrrole nitrogens is 1. The lowest BCUT2D eigenvalue weighted by molar-refractivity contribution is -0.140. The van der Waals surface area contributed by atoms with Gasteiger partial charge in [-0.05, 0) is 12.8 Å². The Morgan fingerprint density at radius 3 is 2.53 bits per heavy atom. The molecule has 106 valence electrons. The SMILES string of the molecule is CCC(C)[C@H](NC(=O)NC(C)c1nn[nH]n1)C(=O)O. The Balaban J connectivity index is 2.56. The summed E-state index contributed by atoms with van der Waals surface area (Å²) < 4.78 is 0. The van der Waals surface area contributed by atoms with Gasteiger partial charge in [0.25, 0.3) is 0 Å². The molecule has 0 saturated heterocycles. The van der Waals surface area contributed by atoms with Crippen LogP contribution < -0.4 is 10.6 Å². The second kappa shape index (κ2) is 6.66. The van der Waals surface area contributed by atoms with Gasteiger partial charge in [0, 0.05) is 0 Å². The van der Waals surface area contributed by atoms with Crippen molar-refractivity contribution in [2.75, 3.05) is 0 Å². The van der Waals surface area contributed by atoms with Crippen molar-refractivity contribution in [1.29, 1.82) is 0 Å². The van der Waals surface area contributed by atoms with Crippen molar-refractivity contribution < 1.29 is 14.7 Å². The molecule has 0 saturated carbocycles. The Bertz CT molecular complexity index is 421. The Labute approximate surface area is 110 Å². The number of rotatable bonds is 6. The maximum absolute atomic E-state index is 11.7. The number of aliphatic carboxylic acids is 1. The highest BCUT2D eigenvalue weighted by Gasteiger charge is 2.26. The zero-order valence-corrected chi connectivity index (χ0v) is 11.0.